The van der Waals surface area contributed by atoms with E-state index in [-0.39, 0.29) is 5.91 Å². The molecule has 0 spiro atoms. The van der Waals surface area contributed by atoms with Crippen LogP contribution in [0.1, 0.15) is 32.3 Å². The van der Waals surface area contributed by atoms with Gasteiger partial charge in [0.05, 0.1) is 6.54 Å². The third kappa shape index (κ3) is 7.49. The third-order valence-electron chi connectivity index (χ3n) is 3.26. The summed E-state index contributed by atoms with van der Waals surface area (Å²) < 4.78 is 0. The van der Waals surface area contributed by atoms with Crippen LogP contribution in [-0.2, 0) is 11.3 Å². The Hall–Kier alpha value is -2.30. The Labute approximate surface area is 139 Å². The Bertz CT molecular complexity index is 540. The highest BCUT2D eigenvalue weighted by atomic mass is 16.1. The van der Waals surface area contributed by atoms with E-state index in [4.69, 9.17) is 0 Å². The molecule has 0 fully saturated rings. The number of nitrogens with one attached hydrogen (secondary N) is 2. The highest BCUT2D eigenvalue weighted by molar-refractivity contribution is 5.88. The standard InChI is InChI=1S/C18H28N4O/c1-5-7-8-12-22(4)18(19-6-2)20-14-16-10-9-11-17(13-16)21-15(3)23/h5,9-11,13H,1,6-8,12,14H2,2-4H3,(H,19,20)(H,21,23). The second kappa shape index (κ2) is 10.4. The summed E-state index contributed by atoms with van der Waals surface area (Å²) in [5, 5.41) is 6.10. The Morgan fingerprint density at radius 2 is 2.22 bits per heavy atom. The van der Waals surface area contributed by atoms with Crippen LogP contribution in [-0.4, -0.2) is 36.9 Å². The van der Waals surface area contributed by atoms with Gasteiger partial charge in [-0.1, -0.05) is 18.2 Å². The Kier molecular flexibility index (Phi) is 8.50. The van der Waals surface area contributed by atoms with Crippen LogP contribution in [0.4, 0.5) is 5.69 Å². The average Bonchev–Trinajstić information content (AvgIpc) is 2.51. The molecule has 126 valence electrons. The molecule has 0 atom stereocenters. The molecule has 5 nitrogen and oxygen atoms in total. The molecule has 1 amide bonds. The zero-order valence-corrected chi connectivity index (χ0v) is 14.4. The minimum absolute atomic E-state index is 0.0686. The number of aliphatic imine (C=N–C) groups is 1. The van der Waals surface area contributed by atoms with Gasteiger partial charge in [-0.25, -0.2) is 4.99 Å². The van der Waals surface area contributed by atoms with Gasteiger partial charge in [-0.15, -0.1) is 6.58 Å². The number of guanidine groups is 1. The first-order valence-electron chi connectivity index (χ1n) is 8.03. The summed E-state index contributed by atoms with van der Waals surface area (Å²) in [5.41, 5.74) is 1.86. The number of benzene rings is 1. The fourth-order valence-electron chi connectivity index (χ4n) is 2.17. The number of amides is 1. The molecule has 0 aromatic heterocycles. The number of carbonyl (C=O) groups excluding carboxylic acids is 1. The van der Waals surface area contributed by atoms with Gasteiger partial charge in [-0.05, 0) is 37.5 Å². The summed E-state index contributed by atoms with van der Waals surface area (Å²) in [6.07, 6.45) is 4.00. The van der Waals surface area contributed by atoms with Gasteiger partial charge >= 0.3 is 0 Å². The van der Waals surface area contributed by atoms with Gasteiger partial charge < -0.3 is 15.5 Å². The van der Waals surface area contributed by atoms with E-state index in [1.165, 1.54) is 6.92 Å². The largest absolute Gasteiger partial charge is 0.357 e. The van der Waals surface area contributed by atoms with Crippen LogP contribution in [0.3, 0.4) is 0 Å². The van der Waals surface area contributed by atoms with Crippen LogP contribution in [0, 0.1) is 0 Å². The molecule has 0 saturated carbocycles. The minimum Gasteiger partial charge on any atom is -0.357 e. The van der Waals surface area contributed by atoms with Crippen molar-refractivity contribution in [3.05, 3.63) is 42.5 Å². The van der Waals surface area contributed by atoms with E-state index >= 15 is 0 Å². The van der Waals surface area contributed by atoms with E-state index in [9.17, 15) is 4.79 Å². The number of carbonyl (C=O) groups is 1. The lowest BCUT2D eigenvalue weighted by Gasteiger charge is -2.21. The van der Waals surface area contributed by atoms with E-state index < -0.39 is 0 Å². The maximum Gasteiger partial charge on any atom is 0.221 e. The minimum atomic E-state index is -0.0686. The molecule has 0 aliphatic carbocycles. The molecule has 5 heteroatoms. The van der Waals surface area contributed by atoms with Gasteiger partial charge in [0.25, 0.3) is 0 Å². The number of unbranched alkanes of at least 4 members (excludes halogenated alkanes) is 1. The molecule has 0 radical (unpaired) electrons. The van der Waals surface area contributed by atoms with Crippen molar-refractivity contribution in [2.75, 3.05) is 25.5 Å². The maximum atomic E-state index is 11.1. The lowest BCUT2D eigenvalue weighted by molar-refractivity contribution is -0.114. The van der Waals surface area contributed by atoms with Gasteiger partial charge in [0.2, 0.25) is 5.91 Å². The normalized spacial score (nSPS) is 11.0. The van der Waals surface area contributed by atoms with E-state index in [1.807, 2.05) is 37.4 Å². The Balaban J connectivity index is 2.72. The molecule has 0 heterocycles. The fraction of sp³-hybridized carbons (Fsp3) is 0.444. The Morgan fingerprint density at radius 3 is 2.87 bits per heavy atom. The predicted octanol–water partition coefficient (Wildman–Crippen LogP) is 3.01. The number of rotatable bonds is 8. The third-order valence-corrected chi connectivity index (χ3v) is 3.26. The molecule has 0 aliphatic rings. The van der Waals surface area contributed by atoms with Crippen molar-refractivity contribution in [1.29, 1.82) is 0 Å². The van der Waals surface area contributed by atoms with Crippen molar-refractivity contribution < 1.29 is 4.79 Å². The summed E-state index contributed by atoms with van der Waals surface area (Å²) >= 11 is 0. The number of hydrogen-bond donors (Lipinski definition) is 2. The van der Waals surface area contributed by atoms with Gasteiger partial charge in [0.1, 0.15) is 0 Å². The zero-order valence-electron chi connectivity index (χ0n) is 14.4. The van der Waals surface area contributed by atoms with Gasteiger partial charge in [-0.3, -0.25) is 4.79 Å². The second-order valence-corrected chi connectivity index (χ2v) is 5.40. The summed E-state index contributed by atoms with van der Waals surface area (Å²) in [5.74, 6) is 0.822. The fourth-order valence-corrected chi connectivity index (χ4v) is 2.17. The van der Waals surface area contributed by atoms with Crippen LogP contribution >= 0.6 is 0 Å². The van der Waals surface area contributed by atoms with Crippen LogP contribution in [0.5, 0.6) is 0 Å². The van der Waals surface area contributed by atoms with Crippen molar-refractivity contribution in [3.8, 4) is 0 Å². The molecule has 0 unspecified atom stereocenters. The van der Waals surface area contributed by atoms with Crippen LogP contribution in [0.2, 0.25) is 0 Å². The van der Waals surface area contributed by atoms with Crippen molar-refractivity contribution in [2.45, 2.75) is 33.2 Å². The van der Waals surface area contributed by atoms with E-state index in [0.717, 1.165) is 43.1 Å². The molecular weight excluding hydrogens is 288 g/mol. The topological polar surface area (TPSA) is 56.7 Å². The number of hydrogen-bond acceptors (Lipinski definition) is 2. The zero-order chi connectivity index (χ0) is 17.1. The van der Waals surface area contributed by atoms with Crippen molar-refractivity contribution in [2.24, 2.45) is 4.99 Å². The molecule has 1 rings (SSSR count). The number of allylic oxidation sites excluding steroid dienone is 1. The van der Waals surface area contributed by atoms with E-state index in [0.29, 0.717) is 6.54 Å². The molecule has 0 aliphatic heterocycles. The summed E-state index contributed by atoms with van der Waals surface area (Å²) in [7, 11) is 2.04. The summed E-state index contributed by atoms with van der Waals surface area (Å²) in [6.45, 7) is 9.65. The molecule has 1 aromatic rings. The van der Waals surface area contributed by atoms with Gasteiger partial charge in [-0.2, -0.15) is 0 Å². The highest BCUT2D eigenvalue weighted by Crippen LogP contribution is 2.11. The van der Waals surface area contributed by atoms with Crippen LogP contribution < -0.4 is 10.6 Å². The van der Waals surface area contributed by atoms with Crippen LogP contribution in [0.15, 0.2) is 41.9 Å². The van der Waals surface area contributed by atoms with E-state index in [2.05, 4.69) is 34.0 Å². The summed E-state index contributed by atoms with van der Waals surface area (Å²) in [6, 6.07) is 7.76. The van der Waals surface area contributed by atoms with Gasteiger partial charge in [0.15, 0.2) is 5.96 Å². The molecule has 23 heavy (non-hydrogen) atoms. The first-order valence-corrected chi connectivity index (χ1v) is 8.03. The second-order valence-electron chi connectivity index (χ2n) is 5.40. The maximum absolute atomic E-state index is 11.1. The van der Waals surface area contributed by atoms with E-state index in [1.54, 1.807) is 0 Å². The summed E-state index contributed by atoms with van der Waals surface area (Å²) in [4.78, 5) is 17.9. The van der Waals surface area contributed by atoms with Crippen molar-refractivity contribution in [1.82, 2.24) is 10.2 Å². The molecule has 1 aromatic carbocycles. The monoisotopic (exact) mass is 316 g/mol. The molecular formula is C18H28N4O. The van der Waals surface area contributed by atoms with Crippen molar-refractivity contribution in [3.63, 3.8) is 0 Å². The first kappa shape index (κ1) is 18.7. The average molecular weight is 316 g/mol. The predicted molar refractivity (Wildman–Crippen MR) is 97.6 cm³/mol. The lowest BCUT2D eigenvalue weighted by atomic mass is 10.2. The van der Waals surface area contributed by atoms with Crippen molar-refractivity contribution >= 4 is 17.6 Å². The first-order chi connectivity index (χ1) is 11.1. The quantitative estimate of drug-likeness (QED) is 0.335. The SMILES string of the molecule is C=CCCCN(C)C(=NCc1cccc(NC(C)=O)c1)NCC. The highest BCUT2D eigenvalue weighted by Gasteiger charge is 2.05. The Morgan fingerprint density at radius 1 is 1.43 bits per heavy atom. The smallest absolute Gasteiger partial charge is 0.221 e. The molecule has 2 N–H and O–H groups in total. The molecule has 0 bridgehead atoms. The number of nitrogens with zero attached hydrogens (tertiary/aromatic N) is 2. The van der Waals surface area contributed by atoms with Crippen LogP contribution in [0.25, 0.3) is 0 Å². The lowest BCUT2D eigenvalue weighted by Crippen LogP contribution is -2.39. The molecule has 0 saturated heterocycles. The number of anilines is 1. The van der Waals surface area contributed by atoms with Gasteiger partial charge in [0, 0.05) is 32.7 Å².